The Kier molecular flexibility index (Phi) is 7.04. The Bertz CT molecular complexity index is 1090. The molecule has 0 saturated carbocycles. The SMILES string of the molecule is C[C@@H](Oc1ccc(CNC(=O)c2cccnc2Oc2ccc(F)c(Cl)c2)cc1)C(=O)O. The number of carbonyl (C=O) groups is 2. The minimum atomic E-state index is -1.06. The van der Waals surface area contributed by atoms with Crippen LogP contribution in [0.5, 0.6) is 17.4 Å². The first-order valence-corrected chi connectivity index (χ1v) is 9.56. The summed E-state index contributed by atoms with van der Waals surface area (Å²) < 4.78 is 24.2. The van der Waals surface area contributed by atoms with Gasteiger partial charge in [-0.3, -0.25) is 4.79 Å². The van der Waals surface area contributed by atoms with Gasteiger partial charge in [-0.25, -0.2) is 14.2 Å². The molecule has 0 aliphatic heterocycles. The molecule has 2 N–H and O–H groups in total. The van der Waals surface area contributed by atoms with E-state index in [-0.39, 0.29) is 28.8 Å². The maximum Gasteiger partial charge on any atom is 0.344 e. The number of benzene rings is 2. The van der Waals surface area contributed by atoms with Crippen LogP contribution in [0.2, 0.25) is 5.02 Å². The van der Waals surface area contributed by atoms with Crippen LogP contribution in [0.3, 0.4) is 0 Å². The molecule has 2 aromatic carbocycles. The lowest BCUT2D eigenvalue weighted by Crippen LogP contribution is -2.24. The largest absolute Gasteiger partial charge is 0.479 e. The zero-order chi connectivity index (χ0) is 22.4. The highest BCUT2D eigenvalue weighted by molar-refractivity contribution is 6.30. The van der Waals surface area contributed by atoms with Crippen molar-refractivity contribution in [3.63, 3.8) is 0 Å². The van der Waals surface area contributed by atoms with Crippen LogP contribution in [0.15, 0.2) is 60.8 Å². The molecule has 0 spiro atoms. The average Bonchev–Trinajstić information content (AvgIpc) is 2.76. The molecule has 0 saturated heterocycles. The Balaban J connectivity index is 1.64. The standard InChI is InChI=1S/C22H18ClFN2O5/c1-13(22(28)29)30-15-6-4-14(5-7-15)12-26-20(27)17-3-2-10-25-21(17)31-16-8-9-19(24)18(23)11-16/h2-11,13H,12H2,1H3,(H,26,27)(H,28,29)/t13-/m1/s1. The number of pyridine rings is 1. The maximum atomic E-state index is 13.3. The van der Waals surface area contributed by atoms with Gasteiger partial charge in [-0.2, -0.15) is 0 Å². The molecule has 0 fully saturated rings. The summed E-state index contributed by atoms with van der Waals surface area (Å²) in [6.45, 7) is 1.65. The highest BCUT2D eigenvalue weighted by Crippen LogP contribution is 2.27. The van der Waals surface area contributed by atoms with Crippen molar-refractivity contribution in [1.29, 1.82) is 0 Å². The van der Waals surface area contributed by atoms with Gasteiger partial charge in [-0.1, -0.05) is 23.7 Å². The number of aromatic nitrogens is 1. The second-order valence-corrected chi connectivity index (χ2v) is 6.87. The lowest BCUT2D eigenvalue weighted by atomic mass is 10.2. The third-order valence-corrected chi connectivity index (χ3v) is 4.45. The molecule has 0 aliphatic carbocycles. The molecule has 3 rings (SSSR count). The predicted octanol–water partition coefficient (Wildman–Crippen LogP) is 4.45. The van der Waals surface area contributed by atoms with Gasteiger partial charge >= 0.3 is 5.97 Å². The van der Waals surface area contributed by atoms with Crippen molar-refractivity contribution in [1.82, 2.24) is 10.3 Å². The summed E-state index contributed by atoms with van der Waals surface area (Å²) in [5.41, 5.74) is 0.971. The highest BCUT2D eigenvalue weighted by Gasteiger charge is 2.15. The molecule has 1 heterocycles. The van der Waals surface area contributed by atoms with Gasteiger partial charge in [0.05, 0.1) is 5.02 Å². The third-order valence-electron chi connectivity index (χ3n) is 4.16. The smallest absolute Gasteiger partial charge is 0.344 e. The van der Waals surface area contributed by atoms with Crippen molar-refractivity contribution in [3.05, 3.63) is 82.8 Å². The first kappa shape index (κ1) is 22.0. The van der Waals surface area contributed by atoms with Gasteiger partial charge in [0.2, 0.25) is 5.88 Å². The number of hydrogen-bond donors (Lipinski definition) is 2. The van der Waals surface area contributed by atoms with Crippen LogP contribution < -0.4 is 14.8 Å². The first-order valence-electron chi connectivity index (χ1n) is 9.18. The van der Waals surface area contributed by atoms with Crippen molar-refractivity contribution in [2.24, 2.45) is 0 Å². The monoisotopic (exact) mass is 444 g/mol. The number of amides is 1. The van der Waals surface area contributed by atoms with E-state index in [1.807, 2.05) is 0 Å². The van der Waals surface area contributed by atoms with Crippen molar-refractivity contribution in [2.75, 3.05) is 0 Å². The van der Waals surface area contributed by atoms with Crippen LogP contribution in [-0.4, -0.2) is 28.1 Å². The summed E-state index contributed by atoms with van der Waals surface area (Å²) in [5.74, 6) is -1.36. The van der Waals surface area contributed by atoms with Gasteiger partial charge < -0.3 is 19.9 Å². The van der Waals surface area contributed by atoms with E-state index in [2.05, 4.69) is 10.3 Å². The topological polar surface area (TPSA) is 97.8 Å². The second-order valence-electron chi connectivity index (χ2n) is 6.46. The van der Waals surface area contributed by atoms with Crippen molar-refractivity contribution >= 4 is 23.5 Å². The zero-order valence-corrected chi connectivity index (χ0v) is 17.1. The second kappa shape index (κ2) is 9.90. The lowest BCUT2D eigenvalue weighted by Gasteiger charge is -2.12. The molecule has 1 aromatic heterocycles. The van der Waals surface area contributed by atoms with E-state index < -0.39 is 23.8 Å². The molecule has 1 amide bonds. The van der Waals surface area contributed by atoms with E-state index >= 15 is 0 Å². The predicted molar refractivity (Wildman–Crippen MR) is 111 cm³/mol. The molecular weight excluding hydrogens is 427 g/mol. The fourth-order valence-electron chi connectivity index (χ4n) is 2.51. The number of nitrogens with zero attached hydrogens (tertiary/aromatic N) is 1. The van der Waals surface area contributed by atoms with Gasteiger partial charge in [-0.05, 0) is 48.9 Å². The summed E-state index contributed by atoms with van der Waals surface area (Å²) in [7, 11) is 0. The Labute approximate surface area is 182 Å². The number of halogens is 2. The van der Waals surface area contributed by atoms with Crippen LogP contribution >= 0.6 is 11.6 Å². The number of rotatable bonds is 8. The van der Waals surface area contributed by atoms with Crippen LogP contribution in [0.1, 0.15) is 22.8 Å². The van der Waals surface area contributed by atoms with Crippen LogP contribution in [0.4, 0.5) is 4.39 Å². The van der Waals surface area contributed by atoms with Crippen LogP contribution in [0, 0.1) is 5.82 Å². The average molecular weight is 445 g/mol. The lowest BCUT2D eigenvalue weighted by molar-refractivity contribution is -0.144. The van der Waals surface area contributed by atoms with Gasteiger partial charge in [0, 0.05) is 18.8 Å². The molecule has 0 radical (unpaired) electrons. The number of aliphatic carboxylic acids is 1. The summed E-state index contributed by atoms with van der Waals surface area (Å²) in [6.07, 6.45) is 0.499. The summed E-state index contributed by atoms with van der Waals surface area (Å²) >= 11 is 5.76. The number of carboxylic acid groups (broad SMARTS) is 1. The molecule has 0 bridgehead atoms. The summed E-state index contributed by atoms with van der Waals surface area (Å²) in [4.78, 5) is 27.5. The number of ether oxygens (including phenoxy) is 2. The Morgan fingerprint density at radius 3 is 2.55 bits per heavy atom. The Hall–Kier alpha value is -3.65. The normalized spacial score (nSPS) is 11.5. The van der Waals surface area contributed by atoms with E-state index in [0.29, 0.717) is 5.75 Å². The summed E-state index contributed by atoms with van der Waals surface area (Å²) in [6, 6.07) is 13.6. The molecule has 0 aliphatic rings. The molecule has 1 atom stereocenters. The molecule has 9 heteroatoms. The maximum absolute atomic E-state index is 13.3. The molecule has 31 heavy (non-hydrogen) atoms. The molecule has 3 aromatic rings. The molecular formula is C22H18ClFN2O5. The highest BCUT2D eigenvalue weighted by atomic mass is 35.5. The number of hydrogen-bond acceptors (Lipinski definition) is 5. The van der Waals surface area contributed by atoms with Crippen LogP contribution in [-0.2, 0) is 11.3 Å². The number of carbonyl (C=O) groups excluding carboxylic acids is 1. The van der Waals surface area contributed by atoms with Gasteiger partial charge in [0.15, 0.2) is 6.10 Å². The molecule has 7 nitrogen and oxygen atoms in total. The van der Waals surface area contributed by atoms with E-state index in [4.69, 9.17) is 26.2 Å². The summed E-state index contributed by atoms with van der Waals surface area (Å²) in [5, 5.41) is 11.5. The van der Waals surface area contributed by atoms with Gasteiger partial charge in [0.25, 0.3) is 5.91 Å². The minimum Gasteiger partial charge on any atom is -0.479 e. The van der Waals surface area contributed by atoms with Crippen LogP contribution in [0.25, 0.3) is 0 Å². The van der Waals surface area contributed by atoms with E-state index in [0.717, 1.165) is 11.6 Å². The molecule has 160 valence electrons. The Morgan fingerprint density at radius 1 is 1.16 bits per heavy atom. The van der Waals surface area contributed by atoms with Crippen molar-refractivity contribution in [3.8, 4) is 17.4 Å². The van der Waals surface area contributed by atoms with E-state index in [1.54, 1.807) is 36.4 Å². The molecule has 0 unspecified atom stereocenters. The van der Waals surface area contributed by atoms with E-state index in [9.17, 15) is 14.0 Å². The first-order chi connectivity index (χ1) is 14.8. The third kappa shape index (κ3) is 5.93. The van der Waals surface area contributed by atoms with Gasteiger partial charge in [-0.15, -0.1) is 0 Å². The van der Waals surface area contributed by atoms with Crippen molar-refractivity contribution < 1.29 is 28.6 Å². The fraction of sp³-hybridized carbons (Fsp3) is 0.136. The number of nitrogens with one attached hydrogen (secondary N) is 1. The van der Waals surface area contributed by atoms with Gasteiger partial charge in [0.1, 0.15) is 22.9 Å². The Morgan fingerprint density at radius 2 is 1.87 bits per heavy atom. The zero-order valence-electron chi connectivity index (χ0n) is 16.3. The minimum absolute atomic E-state index is 0.0501. The van der Waals surface area contributed by atoms with Crippen molar-refractivity contribution in [2.45, 2.75) is 19.6 Å². The quantitative estimate of drug-likeness (QED) is 0.532. The fourth-order valence-corrected chi connectivity index (χ4v) is 2.69. The van der Waals surface area contributed by atoms with E-state index in [1.165, 1.54) is 25.3 Å². The number of carboxylic acids is 1.